The topological polar surface area (TPSA) is 38.9 Å². The molecule has 1 heterocycles. The van der Waals surface area contributed by atoms with Crippen molar-refractivity contribution >= 4 is 23.4 Å². The number of rotatable bonds is 3. The highest BCUT2D eigenvalue weighted by Crippen LogP contribution is 2.36. The lowest BCUT2D eigenvalue weighted by Gasteiger charge is -2.28. The molecule has 0 spiro atoms. The van der Waals surface area contributed by atoms with Gasteiger partial charge in [-0.25, -0.2) is 4.98 Å². The molecule has 1 rings (SSSR count). The molecule has 2 N–H and O–H groups in total. The highest BCUT2D eigenvalue weighted by atomic mass is 35.5. The molecule has 0 aliphatic carbocycles. The van der Waals surface area contributed by atoms with E-state index in [9.17, 15) is 0 Å². The minimum absolute atomic E-state index is 0.153. The van der Waals surface area contributed by atoms with Gasteiger partial charge >= 0.3 is 0 Å². The summed E-state index contributed by atoms with van der Waals surface area (Å²) in [6, 6.07) is 3.69. The van der Waals surface area contributed by atoms with E-state index in [1.165, 1.54) is 0 Å². The van der Waals surface area contributed by atoms with Gasteiger partial charge in [0.25, 0.3) is 0 Å². The molecule has 0 bridgehead atoms. The van der Waals surface area contributed by atoms with Crippen molar-refractivity contribution in [3.63, 3.8) is 0 Å². The van der Waals surface area contributed by atoms with Gasteiger partial charge in [0.2, 0.25) is 0 Å². The molecule has 0 aliphatic heterocycles. The molecule has 1 unspecified atom stereocenters. The zero-order chi connectivity index (χ0) is 11.5. The molecule has 1 aromatic heterocycles. The monoisotopic (exact) mass is 244 g/mol. The maximum absolute atomic E-state index is 6.05. The van der Waals surface area contributed by atoms with E-state index in [2.05, 4.69) is 25.8 Å². The first kappa shape index (κ1) is 12.8. The summed E-state index contributed by atoms with van der Waals surface area (Å²) in [6.07, 6.45) is 1.75. The van der Waals surface area contributed by atoms with Crippen molar-refractivity contribution < 1.29 is 0 Å². The molecule has 0 fully saturated rings. The van der Waals surface area contributed by atoms with Crippen LogP contribution in [0.3, 0.4) is 0 Å². The minimum atomic E-state index is 0.153. The van der Waals surface area contributed by atoms with E-state index < -0.39 is 0 Å². The highest BCUT2D eigenvalue weighted by Gasteiger charge is 2.25. The van der Waals surface area contributed by atoms with Crippen LogP contribution in [0.15, 0.2) is 23.4 Å². The Morgan fingerprint density at radius 1 is 1.53 bits per heavy atom. The smallest absolute Gasteiger partial charge is 0.115 e. The number of aromatic nitrogens is 1. The molecule has 0 amide bonds. The van der Waals surface area contributed by atoms with Crippen LogP contribution in [0, 0.1) is 5.41 Å². The first-order chi connectivity index (χ1) is 6.95. The summed E-state index contributed by atoms with van der Waals surface area (Å²) in [5.41, 5.74) is 5.92. The number of hydrogen-bond acceptors (Lipinski definition) is 3. The molecule has 2 nitrogen and oxygen atoms in total. The third-order valence-electron chi connectivity index (χ3n) is 2.16. The molecular weight excluding hydrogens is 228 g/mol. The molecule has 84 valence electrons. The molecule has 15 heavy (non-hydrogen) atoms. The Labute approximate surface area is 101 Å². The summed E-state index contributed by atoms with van der Waals surface area (Å²) in [5.74, 6) is 0. The predicted octanol–water partition coefficient (Wildman–Crippen LogP) is 3.20. The van der Waals surface area contributed by atoms with Crippen LogP contribution in [0.25, 0.3) is 0 Å². The van der Waals surface area contributed by atoms with Crippen molar-refractivity contribution in [3.05, 3.63) is 23.4 Å². The molecule has 0 aromatic carbocycles. The number of hydrogen-bond donors (Lipinski definition) is 1. The Kier molecular flexibility index (Phi) is 4.44. The molecular formula is C11H17ClN2S. The van der Waals surface area contributed by atoms with Crippen LogP contribution in [-0.2, 0) is 0 Å². The summed E-state index contributed by atoms with van der Waals surface area (Å²) in [6.45, 7) is 7.15. The largest absolute Gasteiger partial charge is 0.329 e. The lowest BCUT2D eigenvalue weighted by atomic mass is 9.92. The number of nitrogens with zero attached hydrogens (tertiary/aromatic N) is 1. The zero-order valence-corrected chi connectivity index (χ0v) is 10.9. The maximum Gasteiger partial charge on any atom is 0.115 e. The van der Waals surface area contributed by atoms with Crippen LogP contribution in [-0.4, -0.2) is 16.8 Å². The summed E-state index contributed by atoms with van der Waals surface area (Å²) in [4.78, 5) is 4.26. The van der Waals surface area contributed by atoms with Crippen LogP contribution < -0.4 is 5.73 Å². The van der Waals surface area contributed by atoms with E-state index in [-0.39, 0.29) is 5.41 Å². The fourth-order valence-electron chi connectivity index (χ4n) is 1.17. The van der Waals surface area contributed by atoms with Crippen molar-refractivity contribution in [2.75, 3.05) is 6.54 Å². The normalized spacial score (nSPS) is 13.9. The van der Waals surface area contributed by atoms with Crippen LogP contribution in [0.2, 0.25) is 5.02 Å². The third kappa shape index (κ3) is 3.67. The number of nitrogens with two attached hydrogens (primary N) is 1. The Morgan fingerprint density at radius 2 is 2.20 bits per heavy atom. The fraction of sp³-hybridized carbons (Fsp3) is 0.545. The van der Waals surface area contributed by atoms with Gasteiger partial charge in [0, 0.05) is 18.0 Å². The average Bonchev–Trinajstić information content (AvgIpc) is 2.14. The summed E-state index contributed by atoms with van der Waals surface area (Å²) in [7, 11) is 0. The Morgan fingerprint density at radius 3 is 2.67 bits per heavy atom. The van der Waals surface area contributed by atoms with Gasteiger partial charge in [0.15, 0.2) is 0 Å². The Hall–Kier alpha value is -0.250. The van der Waals surface area contributed by atoms with E-state index in [1.54, 1.807) is 18.0 Å². The van der Waals surface area contributed by atoms with Crippen molar-refractivity contribution in [2.24, 2.45) is 11.1 Å². The quantitative estimate of drug-likeness (QED) is 0.830. The van der Waals surface area contributed by atoms with Gasteiger partial charge in [-0.3, -0.25) is 0 Å². The van der Waals surface area contributed by atoms with E-state index in [0.29, 0.717) is 16.8 Å². The molecule has 0 radical (unpaired) electrons. The minimum Gasteiger partial charge on any atom is -0.329 e. The van der Waals surface area contributed by atoms with Crippen LogP contribution in [0.1, 0.15) is 20.8 Å². The van der Waals surface area contributed by atoms with Crippen molar-refractivity contribution in [1.29, 1.82) is 0 Å². The zero-order valence-electron chi connectivity index (χ0n) is 9.33. The van der Waals surface area contributed by atoms with Gasteiger partial charge in [-0.05, 0) is 17.5 Å². The lowest BCUT2D eigenvalue weighted by Crippen LogP contribution is -2.30. The Bertz CT molecular complexity index is 323. The van der Waals surface area contributed by atoms with Crippen molar-refractivity contribution in [2.45, 2.75) is 31.0 Å². The van der Waals surface area contributed by atoms with Crippen LogP contribution in [0.5, 0.6) is 0 Å². The van der Waals surface area contributed by atoms with Crippen LogP contribution in [0.4, 0.5) is 0 Å². The van der Waals surface area contributed by atoms with E-state index in [1.807, 2.05) is 12.1 Å². The van der Waals surface area contributed by atoms with Gasteiger partial charge in [-0.1, -0.05) is 44.1 Å². The molecule has 4 heteroatoms. The van der Waals surface area contributed by atoms with Gasteiger partial charge in [0.05, 0.1) is 5.02 Å². The fourth-order valence-corrected chi connectivity index (χ4v) is 2.45. The van der Waals surface area contributed by atoms with Crippen molar-refractivity contribution in [3.8, 4) is 0 Å². The van der Waals surface area contributed by atoms with Gasteiger partial charge in [0.1, 0.15) is 5.03 Å². The molecule has 0 aliphatic rings. The lowest BCUT2D eigenvalue weighted by molar-refractivity contribution is 0.398. The first-order valence-corrected chi connectivity index (χ1v) is 6.18. The maximum atomic E-state index is 6.05. The van der Waals surface area contributed by atoms with Crippen LogP contribution >= 0.6 is 23.4 Å². The summed E-state index contributed by atoms with van der Waals surface area (Å²) < 4.78 is 0. The molecule has 1 aromatic rings. The second-order valence-electron chi connectivity index (χ2n) is 4.50. The van der Waals surface area contributed by atoms with E-state index in [0.717, 1.165) is 5.03 Å². The predicted molar refractivity (Wildman–Crippen MR) is 67.4 cm³/mol. The van der Waals surface area contributed by atoms with E-state index in [4.69, 9.17) is 17.3 Å². The second kappa shape index (κ2) is 5.19. The summed E-state index contributed by atoms with van der Waals surface area (Å²) >= 11 is 7.71. The second-order valence-corrected chi connectivity index (χ2v) is 6.10. The van der Waals surface area contributed by atoms with E-state index >= 15 is 0 Å². The molecule has 0 saturated heterocycles. The van der Waals surface area contributed by atoms with Gasteiger partial charge < -0.3 is 5.73 Å². The first-order valence-electron chi connectivity index (χ1n) is 4.92. The number of thioether (sulfide) groups is 1. The molecule has 1 atom stereocenters. The van der Waals surface area contributed by atoms with Gasteiger partial charge in [-0.15, -0.1) is 0 Å². The molecule has 0 saturated carbocycles. The average molecular weight is 245 g/mol. The number of halogens is 1. The summed E-state index contributed by atoms with van der Waals surface area (Å²) in [5, 5.41) is 1.89. The highest BCUT2D eigenvalue weighted by molar-refractivity contribution is 8.00. The third-order valence-corrected chi connectivity index (χ3v) is 4.31. The van der Waals surface area contributed by atoms with Crippen molar-refractivity contribution in [1.82, 2.24) is 4.98 Å². The van der Waals surface area contributed by atoms with Gasteiger partial charge in [-0.2, -0.15) is 0 Å². The number of pyridine rings is 1. The SMILES string of the molecule is CC(C)(C)C(CN)Sc1ncccc1Cl. The Balaban J connectivity index is 2.80. The standard InChI is InChI=1S/C11H17ClN2S/c1-11(2,3)9(7-13)15-10-8(12)5-4-6-14-10/h4-6,9H,7,13H2,1-3H3.